The summed E-state index contributed by atoms with van der Waals surface area (Å²) in [6, 6.07) is 3.07. The Bertz CT molecular complexity index is 767. The van der Waals surface area contributed by atoms with Crippen LogP contribution in [0, 0.1) is 18.6 Å². The number of halogens is 2. The van der Waals surface area contributed by atoms with Crippen LogP contribution >= 0.6 is 0 Å². The Morgan fingerprint density at radius 1 is 1.30 bits per heavy atom. The summed E-state index contributed by atoms with van der Waals surface area (Å²) in [6.07, 6.45) is 1.74. The van der Waals surface area contributed by atoms with Gasteiger partial charge < -0.3 is 9.84 Å². The molecule has 0 saturated carbocycles. The van der Waals surface area contributed by atoms with Gasteiger partial charge in [-0.1, -0.05) is 0 Å². The molecule has 0 amide bonds. The summed E-state index contributed by atoms with van der Waals surface area (Å²) >= 11 is 0. The van der Waals surface area contributed by atoms with Crippen LogP contribution in [-0.2, 0) is 0 Å². The quantitative estimate of drug-likeness (QED) is 0.917. The lowest BCUT2D eigenvalue weighted by Crippen LogP contribution is -2.26. The highest BCUT2D eigenvalue weighted by Gasteiger charge is 2.16. The maximum absolute atomic E-state index is 13.3. The molecule has 1 aromatic heterocycles. The fourth-order valence-corrected chi connectivity index (χ4v) is 1.90. The summed E-state index contributed by atoms with van der Waals surface area (Å²) in [6.45, 7) is 5.06. The molecule has 0 fully saturated rings. The van der Waals surface area contributed by atoms with Gasteiger partial charge in [0.15, 0.2) is 17.4 Å². The molecule has 124 valence electrons. The SMILES string of the molecule is Cc1cnn(-c2ccc(F)c(F)c2)c(=O)c1OCCC(C)(C)O. The van der Waals surface area contributed by atoms with E-state index in [1.807, 2.05) is 0 Å². The Balaban J connectivity index is 2.34. The van der Waals surface area contributed by atoms with E-state index in [4.69, 9.17) is 4.74 Å². The molecule has 5 nitrogen and oxygen atoms in total. The molecule has 2 rings (SSSR count). The third-order valence-corrected chi connectivity index (χ3v) is 3.22. The van der Waals surface area contributed by atoms with Gasteiger partial charge in [-0.15, -0.1) is 0 Å². The lowest BCUT2D eigenvalue weighted by molar-refractivity contribution is 0.0549. The standard InChI is InChI=1S/C16H18F2N2O3/c1-10-9-19-20(11-4-5-12(17)13(18)8-11)15(21)14(10)23-7-6-16(2,3)22/h4-5,8-9,22H,6-7H2,1-3H3. The fraction of sp³-hybridized carbons (Fsp3) is 0.375. The van der Waals surface area contributed by atoms with E-state index in [0.29, 0.717) is 12.0 Å². The van der Waals surface area contributed by atoms with E-state index < -0.39 is 22.8 Å². The summed E-state index contributed by atoms with van der Waals surface area (Å²) in [5.74, 6) is -2.01. The number of aliphatic hydroxyl groups is 1. The number of hydrogen-bond donors (Lipinski definition) is 1. The van der Waals surface area contributed by atoms with Crippen LogP contribution in [-0.4, -0.2) is 27.1 Å². The Kier molecular flexibility index (Phi) is 4.79. The van der Waals surface area contributed by atoms with E-state index in [1.54, 1.807) is 20.8 Å². The highest BCUT2D eigenvalue weighted by atomic mass is 19.2. The summed E-state index contributed by atoms with van der Waals surface area (Å²) in [4.78, 5) is 12.4. The minimum atomic E-state index is -1.07. The van der Waals surface area contributed by atoms with Crippen molar-refractivity contribution in [2.24, 2.45) is 0 Å². The zero-order chi connectivity index (χ0) is 17.2. The van der Waals surface area contributed by atoms with Crippen molar-refractivity contribution in [1.82, 2.24) is 9.78 Å². The highest BCUT2D eigenvalue weighted by molar-refractivity contribution is 5.35. The molecule has 1 aromatic carbocycles. The lowest BCUT2D eigenvalue weighted by Gasteiger charge is -2.17. The van der Waals surface area contributed by atoms with Crippen molar-refractivity contribution in [3.8, 4) is 11.4 Å². The topological polar surface area (TPSA) is 64.4 Å². The Labute approximate surface area is 132 Å². The average Bonchev–Trinajstić information content (AvgIpc) is 2.44. The van der Waals surface area contributed by atoms with Crippen LogP contribution in [0.2, 0.25) is 0 Å². The number of nitrogens with zero attached hydrogens (tertiary/aromatic N) is 2. The van der Waals surface area contributed by atoms with E-state index in [0.717, 1.165) is 16.8 Å². The molecular weight excluding hydrogens is 306 g/mol. The van der Waals surface area contributed by atoms with Crippen LogP contribution in [0.15, 0.2) is 29.2 Å². The predicted octanol–water partition coefficient (Wildman–Crippen LogP) is 2.36. The Hall–Kier alpha value is -2.28. The zero-order valence-corrected chi connectivity index (χ0v) is 13.1. The Morgan fingerprint density at radius 2 is 2.00 bits per heavy atom. The van der Waals surface area contributed by atoms with Gasteiger partial charge in [0.25, 0.3) is 0 Å². The maximum atomic E-state index is 13.3. The predicted molar refractivity (Wildman–Crippen MR) is 80.9 cm³/mol. The number of benzene rings is 1. The van der Waals surface area contributed by atoms with Gasteiger partial charge >= 0.3 is 5.56 Å². The third kappa shape index (κ3) is 4.13. The molecule has 0 radical (unpaired) electrons. The minimum Gasteiger partial charge on any atom is -0.487 e. The number of hydrogen-bond acceptors (Lipinski definition) is 4. The fourth-order valence-electron chi connectivity index (χ4n) is 1.90. The number of aromatic nitrogens is 2. The van der Waals surface area contributed by atoms with Crippen molar-refractivity contribution < 1.29 is 18.6 Å². The molecule has 1 heterocycles. The number of aryl methyl sites for hydroxylation is 1. The second-order valence-corrected chi connectivity index (χ2v) is 5.88. The van der Waals surface area contributed by atoms with Crippen LogP contribution < -0.4 is 10.3 Å². The van der Waals surface area contributed by atoms with Gasteiger partial charge in [-0.3, -0.25) is 4.79 Å². The molecule has 23 heavy (non-hydrogen) atoms. The van der Waals surface area contributed by atoms with E-state index >= 15 is 0 Å². The van der Waals surface area contributed by atoms with Crippen molar-refractivity contribution in [2.75, 3.05) is 6.61 Å². The third-order valence-electron chi connectivity index (χ3n) is 3.22. The average molecular weight is 324 g/mol. The second kappa shape index (κ2) is 6.45. The second-order valence-electron chi connectivity index (χ2n) is 5.88. The summed E-state index contributed by atoms with van der Waals surface area (Å²) in [5.41, 5.74) is -0.877. The van der Waals surface area contributed by atoms with E-state index in [2.05, 4.69) is 5.10 Å². The molecule has 0 unspecified atom stereocenters. The van der Waals surface area contributed by atoms with Crippen LogP contribution in [0.1, 0.15) is 25.8 Å². The molecule has 0 aliphatic carbocycles. The first-order valence-corrected chi connectivity index (χ1v) is 7.08. The van der Waals surface area contributed by atoms with Crippen molar-refractivity contribution in [2.45, 2.75) is 32.8 Å². The first-order chi connectivity index (χ1) is 10.7. The summed E-state index contributed by atoms with van der Waals surface area (Å²) in [5, 5.41) is 13.6. The largest absolute Gasteiger partial charge is 0.487 e. The van der Waals surface area contributed by atoms with Gasteiger partial charge in [-0.05, 0) is 32.9 Å². The molecule has 0 bridgehead atoms. The van der Waals surface area contributed by atoms with Gasteiger partial charge in [0.2, 0.25) is 0 Å². The van der Waals surface area contributed by atoms with Crippen LogP contribution in [0.4, 0.5) is 8.78 Å². The van der Waals surface area contributed by atoms with Crippen molar-refractivity contribution in [3.05, 3.63) is 51.9 Å². The lowest BCUT2D eigenvalue weighted by atomic mass is 10.1. The van der Waals surface area contributed by atoms with Gasteiger partial charge in [-0.2, -0.15) is 9.78 Å². The van der Waals surface area contributed by atoms with Gasteiger partial charge in [0.1, 0.15) is 0 Å². The molecular formula is C16H18F2N2O3. The van der Waals surface area contributed by atoms with Gasteiger partial charge in [0.05, 0.1) is 24.1 Å². The minimum absolute atomic E-state index is 0.0639. The highest BCUT2D eigenvalue weighted by Crippen LogP contribution is 2.16. The molecule has 2 aromatic rings. The number of rotatable bonds is 5. The van der Waals surface area contributed by atoms with Crippen molar-refractivity contribution >= 4 is 0 Å². The van der Waals surface area contributed by atoms with Crippen LogP contribution in [0.5, 0.6) is 5.75 Å². The van der Waals surface area contributed by atoms with Gasteiger partial charge in [-0.25, -0.2) is 8.78 Å². The van der Waals surface area contributed by atoms with Crippen LogP contribution in [0.25, 0.3) is 5.69 Å². The monoisotopic (exact) mass is 324 g/mol. The smallest absolute Gasteiger partial charge is 0.314 e. The molecule has 7 heteroatoms. The van der Waals surface area contributed by atoms with E-state index in [1.165, 1.54) is 12.3 Å². The van der Waals surface area contributed by atoms with Crippen molar-refractivity contribution in [3.63, 3.8) is 0 Å². The molecule has 0 aliphatic rings. The van der Waals surface area contributed by atoms with E-state index in [9.17, 15) is 18.7 Å². The molecule has 0 aliphatic heterocycles. The van der Waals surface area contributed by atoms with Crippen molar-refractivity contribution in [1.29, 1.82) is 0 Å². The van der Waals surface area contributed by atoms with E-state index in [-0.39, 0.29) is 18.0 Å². The number of ether oxygens (including phenoxy) is 1. The zero-order valence-electron chi connectivity index (χ0n) is 13.1. The maximum Gasteiger partial charge on any atom is 0.314 e. The summed E-state index contributed by atoms with van der Waals surface area (Å²) in [7, 11) is 0. The molecule has 0 saturated heterocycles. The first-order valence-electron chi connectivity index (χ1n) is 7.08. The van der Waals surface area contributed by atoms with Gasteiger partial charge in [0, 0.05) is 18.1 Å². The molecule has 1 N–H and O–H groups in total. The first kappa shape index (κ1) is 17.1. The summed E-state index contributed by atoms with van der Waals surface area (Å²) < 4.78 is 32.7. The molecule has 0 spiro atoms. The Morgan fingerprint density at radius 3 is 2.61 bits per heavy atom. The van der Waals surface area contributed by atoms with Crippen LogP contribution in [0.3, 0.4) is 0 Å². The molecule has 0 atom stereocenters. The normalized spacial score (nSPS) is 11.6.